The van der Waals surface area contributed by atoms with Crippen LogP contribution in [0.4, 0.5) is 26.3 Å². The molecule has 0 bridgehead atoms. The zero-order valence-corrected chi connectivity index (χ0v) is 61.2. The van der Waals surface area contributed by atoms with E-state index in [1.165, 1.54) is 154 Å². The predicted molar refractivity (Wildman–Crippen MR) is 341 cm³/mol. The SMILES string of the molecule is O=S(=O)([O-])C(F)(F)F.O=S(=O)([O-])C(F)(F)F.[Au+].[Au+].c1ccc(P([PH+](C2CCCCC2)C2CCCCC2)[PH+](C2CCCCC2)C2CCCCC2)nc1.c1ccc(P([PH+](C2CCCCC2)C2CCCCC2)[PH+](C2CCCCC2)C2CCCCC2)nc1. The minimum atomic E-state index is -6.09. The van der Waals surface area contributed by atoms with Gasteiger partial charge in [-0.15, -0.1) is 0 Å². The molecule has 8 aliphatic rings. The Kier molecular flexibility index (Phi) is 35.3. The molecule has 2 heterocycles. The van der Waals surface area contributed by atoms with Gasteiger partial charge in [0.25, 0.3) is 14.6 Å². The molecule has 0 saturated heterocycles. The number of nitrogens with zero attached hydrogens (tertiary/aromatic N) is 2. The second-order valence-corrected chi connectivity index (χ2v) is 54.4. The van der Waals surface area contributed by atoms with Crippen LogP contribution in [-0.2, 0) is 65.0 Å². The number of rotatable bonds is 14. The minimum Gasteiger partial charge on any atom is -0.741 e. The van der Waals surface area contributed by atoms with Gasteiger partial charge in [0, 0.05) is 12.4 Å². The topological polar surface area (TPSA) is 140 Å². The largest absolute Gasteiger partial charge is 1.00 e. The Balaban J connectivity index is 0.000000240. The third kappa shape index (κ3) is 23.6. The number of hydrogen-bond acceptors (Lipinski definition) is 8. The van der Waals surface area contributed by atoms with Crippen LogP contribution in [0.2, 0.25) is 0 Å². The third-order valence-electron chi connectivity index (χ3n) is 19.5. The Bertz CT molecular complexity index is 2010. The van der Waals surface area contributed by atoms with E-state index in [9.17, 15) is 26.3 Å². The van der Waals surface area contributed by atoms with Crippen LogP contribution in [0.3, 0.4) is 0 Å². The maximum atomic E-state index is 10.7. The minimum absolute atomic E-state index is 0. The van der Waals surface area contributed by atoms with Gasteiger partial charge in [-0.2, -0.15) is 26.3 Å². The van der Waals surface area contributed by atoms with E-state index in [4.69, 9.17) is 35.9 Å². The Labute approximate surface area is 540 Å². The van der Waals surface area contributed by atoms with Crippen molar-refractivity contribution in [1.29, 1.82) is 0 Å². The molecule has 0 N–H and O–H groups in total. The van der Waals surface area contributed by atoms with Gasteiger partial charge in [0.15, 0.2) is 20.2 Å². The first-order chi connectivity index (χ1) is 39.3. The number of aromatic nitrogens is 2. The Morgan fingerprint density at radius 2 is 0.488 bits per heavy atom. The second kappa shape index (κ2) is 38.8. The average molecular weight is 1700 g/mol. The predicted octanol–water partition coefficient (Wildman–Crippen LogP) is 19.7. The first kappa shape index (κ1) is 76.5. The van der Waals surface area contributed by atoms with E-state index < -0.39 is 31.3 Å². The van der Waals surface area contributed by atoms with E-state index in [0.29, 0.717) is 0 Å². The number of hydrogen-bond donors (Lipinski definition) is 0. The summed E-state index contributed by atoms with van der Waals surface area (Å²) in [7, 11) is -13.7. The van der Waals surface area contributed by atoms with Crippen LogP contribution >= 0.6 is 45.0 Å². The van der Waals surface area contributed by atoms with Crippen molar-refractivity contribution in [1.82, 2.24) is 9.97 Å². The fraction of sp³-hybridized carbons (Fsp3) is 0.833. The van der Waals surface area contributed by atoms with E-state index in [0.717, 1.165) is 45.3 Å². The van der Waals surface area contributed by atoms with Crippen LogP contribution in [-0.4, -0.2) is 92.2 Å². The molecule has 8 fully saturated rings. The Morgan fingerprint density at radius 3 is 0.607 bits per heavy atom. The van der Waals surface area contributed by atoms with Gasteiger partial charge in [-0.3, -0.25) is 0 Å². The summed E-state index contributed by atoms with van der Waals surface area (Å²) in [5.41, 5.74) is 0.960. The summed E-state index contributed by atoms with van der Waals surface area (Å²) in [6.07, 6.45) is 66.4. The van der Waals surface area contributed by atoms with Crippen molar-refractivity contribution in [3.8, 4) is 0 Å². The van der Waals surface area contributed by atoms with Gasteiger partial charge in [-0.1, -0.05) is 63.5 Å². The van der Waals surface area contributed by atoms with Crippen LogP contribution in [0.5, 0.6) is 0 Å². The summed E-state index contributed by atoms with van der Waals surface area (Å²) in [6, 6.07) is 14.2. The summed E-state index contributed by atoms with van der Waals surface area (Å²) in [4.78, 5) is 10.6. The van der Waals surface area contributed by atoms with Gasteiger partial charge >= 0.3 is 55.8 Å². The Morgan fingerprint density at radius 1 is 0.333 bits per heavy atom. The summed E-state index contributed by atoms with van der Waals surface area (Å²) in [5, 5.41) is 0. The van der Waals surface area contributed by atoms with Gasteiger partial charge in [0.2, 0.25) is 0 Å². The summed E-state index contributed by atoms with van der Waals surface area (Å²) < 4.78 is 118. The van der Waals surface area contributed by atoms with Crippen molar-refractivity contribution >= 4 is 76.1 Å². The number of halogens is 6. The van der Waals surface area contributed by atoms with Crippen LogP contribution < -0.4 is 10.9 Å². The monoisotopic (exact) mass is 1700 g/mol. The summed E-state index contributed by atoms with van der Waals surface area (Å²) >= 11 is 0. The molecule has 8 aliphatic carbocycles. The van der Waals surface area contributed by atoms with E-state index in [-0.39, 0.29) is 89.8 Å². The maximum Gasteiger partial charge on any atom is 1.00 e. The molecular weight excluding hydrogens is 1600 g/mol. The van der Waals surface area contributed by atoms with E-state index in [2.05, 4.69) is 48.8 Å². The van der Waals surface area contributed by atoms with E-state index in [1.54, 1.807) is 114 Å². The molecule has 0 unspecified atom stereocenters. The van der Waals surface area contributed by atoms with Crippen LogP contribution in [0.25, 0.3) is 0 Å². The van der Waals surface area contributed by atoms with Crippen molar-refractivity contribution in [3.63, 3.8) is 0 Å². The van der Waals surface area contributed by atoms with Crippen LogP contribution in [0, 0.1) is 0 Å². The molecule has 2 aromatic heterocycles. The van der Waals surface area contributed by atoms with E-state index in [1.807, 2.05) is 0 Å². The molecule has 0 spiro atoms. The van der Waals surface area contributed by atoms with Crippen molar-refractivity contribution < 1.29 is 97.0 Å². The fourth-order valence-corrected chi connectivity index (χ4v) is 71.9. The first-order valence-corrected chi connectivity index (χ1v) is 47.8. The Hall–Kier alpha value is 1.76. The standard InChI is InChI=1S/2C29H48NP3.2CHF3O3S.2Au/c2*1-5-15-25(16-6-1)31(26-17-7-2-8-18-26)33(29-23-13-14-24-30-29)32(27-19-9-3-10-20-27)28-21-11-4-12-22-28;2*2-1(3,4)8(5,6)7;;/h2*13-14,23-28H,1-12,15-22H2;2*(H,5,6,7);;/q;;;;2*+1/p+2. The molecule has 0 radical (unpaired) electrons. The van der Waals surface area contributed by atoms with Crippen molar-refractivity contribution in [2.24, 2.45) is 0 Å². The molecule has 8 saturated carbocycles. The molecule has 0 amide bonds. The molecule has 84 heavy (non-hydrogen) atoms. The number of alkyl halides is 6. The average Bonchev–Trinajstić information content (AvgIpc) is 3.27. The van der Waals surface area contributed by atoms with Gasteiger partial charge in [-0.25, -0.2) is 26.8 Å². The summed E-state index contributed by atoms with van der Waals surface area (Å²) in [6.45, 7) is 0. The molecule has 10 rings (SSSR count). The van der Waals surface area contributed by atoms with Crippen LogP contribution in [0.1, 0.15) is 257 Å². The zero-order valence-electron chi connectivity index (χ0n) is 49.4. The van der Waals surface area contributed by atoms with Crippen molar-refractivity contribution in [2.75, 3.05) is 0 Å². The molecule has 2 aromatic rings. The second-order valence-electron chi connectivity index (χ2n) is 25.2. The van der Waals surface area contributed by atoms with E-state index >= 15 is 0 Å². The number of pyridine rings is 2. The molecule has 0 aliphatic heterocycles. The van der Waals surface area contributed by atoms with Crippen LogP contribution in [0.15, 0.2) is 48.8 Å². The fourth-order valence-electron chi connectivity index (χ4n) is 15.8. The van der Waals surface area contributed by atoms with Gasteiger partial charge < -0.3 is 9.11 Å². The molecular formula is C60H100Au2F6N2O6P6S2+4. The quantitative estimate of drug-likeness (QED) is 0.0599. The third-order valence-corrected chi connectivity index (χ3v) is 62.5. The zero-order chi connectivity index (χ0) is 58.6. The molecule has 0 aromatic carbocycles. The molecule has 24 heteroatoms. The smallest absolute Gasteiger partial charge is 0.741 e. The van der Waals surface area contributed by atoms with Crippen molar-refractivity contribution in [2.45, 2.75) is 313 Å². The first-order valence-electron chi connectivity index (χ1n) is 32.3. The van der Waals surface area contributed by atoms with Gasteiger partial charge in [0.1, 0.15) is 10.9 Å². The normalized spacial score (nSPS) is 22.5. The molecule has 488 valence electrons. The van der Waals surface area contributed by atoms with Gasteiger partial charge in [0.05, 0.1) is 75.7 Å². The summed E-state index contributed by atoms with van der Waals surface area (Å²) in [5.74, 6) is 0. The van der Waals surface area contributed by atoms with Crippen molar-refractivity contribution in [3.05, 3.63) is 48.8 Å². The van der Waals surface area contributed by atoms with Gasteiger partial charge in [-0.05, 0) is 230 Å². The molecule has 0 atom stereocenters. The molecule has 8 nitrogen and oxygen atoms in total. The maximum absolute atomic E-state index is 10.7.